The summed E-state index contributed by atoms with van der Waals surface area (Å²) in [5, 5.41) is 25.9. The van der Waals surface area contributed by atoms with Crippen molar-refractivity contribution < 1.29 is 43.5 Å². The van der Waals surface area contributed by atoms with Crippen LogP contribution in [0.25, 0.3) is 0 Å². The number of rotatable bonds is 34. The van der Waals surface area contributed by atoms with E-state index in [-0.39, 0.29) is 88.3 Å². The molecule has 69 heavy (non-hydrogen) atoms. The van der Waals surface area contributed by atoms with Crippen molar-refractivity contribution in [2.45, 2.75) is 173 Å². The van der Waals surface area contributed by atoms with E-state index in [4.69, 9.17) is 40.1 Å². The van der Waals surface area contributed by atoms with Crippen LogP contribution in [0.15, 0.2) is 9.98 Å². The minimum Gasteiger partial charge on any atom is -0.480 e. The van der Waals surface area contributed by atoms with E-state index in [0.717, 1.165) is 0 Å². The number of aliphatic carboxylic acids is 1. The van der Waals surface area contributed by atoms with Crippen molar-refractivity contribution in [3.8, 4) is 0 Å². The standard InChI is InChI=1S/C44H84N16O9/c1-25(2)23-32(39(65)54-27(5)41(67)60-22-12-17-34(60)42(68)69)59-40(66)33(24-26(3)4)58-38(64)30(15-7-9-19-46)57-36(62)29(14-6-8-18-45)56-37(63)31(16-11-21-53-44(50)51)55-35(61)28(47)13-10-20-52-43(48)49/h25-34H,6-24,45-47H2,1-5H3,(H,54,65)(H,55,61)(H,56,63)(H,57,62)(H,58,64)(H,59,66)(H,68,69)(H4,48,49,52)(H4,50,51,53)/t27-,28-,29-,30-,31-,32-,33-,34-/m0/s1. The van der Waals surface area contributed by atoms with Crippen molar-refractivity contribution in [3.05, 3.63) is 0 Å². The second-order valence-corrected chi connectivity index (χ2v) is 18.4. The molecule has 1 aliphatic rings. The Bertz CT molecular complexity index is 1720. The lowest BCUT2D eigenvalue weighted by Gasteiger charge is -2.29. The van der Waals surface area contributed by atoms with Gasteiger partial charge >= 0.3 is 5.97 Å². The summed E-state index contributed by atoms with van der Waals surface area (Å²) in [6, 6.07) is -8.96. The van der Waals surface area contributed by atoms with Gasteiger partial charge in [-0.2, -0.15) is 0 Å². The van der Waals surface area contributed by atoms with Gasteiger partial charge in [0.1, 0.15) is 42.3 Å². The predicted octanol–water partition coefficient (Wildman–Crippen LogP) is -3.22. The highest BCUT2D eigenvalue weighted by Gasteiger charge is 2.38. The van der Waals surface area contributed by atoms with E-state index in [0.29, 0.717) is 58.0 Å². The maximum Gasteiger partial charge on any atom is 0.326 e. The summed E-state index contributed by atoms with van der Waals surface area (Å²) in [5.41, 5.74) is 39.4. The summed E-state index contributed by atoms with van der Waals surface area (Å²) in [7, 11) is 0. The molecule has 7 amide bonds. The lowest BCUT2D eigenvalue weighted by atomic mass is 9.99. The smallest absolute Gasteiger partial charge is 0.326 e. The van der Waals surface area contributed by atoms with Crippen molar-refractivity contribution in [1.82, 2.24) is 36.8 Å². The highest BCUT2D eigenvalue weighted by molar-refractivity contribution is 5.97. The number of hydrogen-bond donors (Lipinski definition) is 14. The number of hydrogen-bond acceptors (Lipinski definition) is 13. The second kappa shape index (κ2) is 32.8. The van der Waals surface area contributed by atoms with Crippen LogP contribution in [0.1, 0.15) is 125 Å². The Morgan fingerprint density at radius 1 is 0.551 bits per heavy atom. The number of likely N-dealkylation sites (tertiary alicyclic amines) is 1. The molecule has 394 valence electrons. The third-order valence-electron chi connectivity index (χ3n) is 11.3. The van der Waals surface area contributed by atoms with E-state index < -0.39 is 95.7 Å². The Morgan fingerprint density at radius 2 is 0.928 bits per heavy atom. The van der Waals surface area contributed by atoms with E-state index >= 15 is 0 Å². The molecule has 1 aliphatic heterocycles. The molecule has 25 nitrogen and oxygen atoms in total. The van der Waals surface area contributed by atoms with Crippen LogP contribution >= 0.6 is 0 Å². The van der Waals surface area contributed by atoms with Gasteiger partial charge in [0, 0.05) is 19.6 Å². The molecule has 25 heteroatoms. The van der Waals surface area contributed by atoms with Crippen LogP contribution in [0.4, 0.5) is 0 Å². The largest absolute Gasteiger partial charge is 0.480 e. The number of aliphatic imine (C=N–C) groups is 2. The molecule has 1 fully saturated rings. The molecule has 0 aromatic heterocycles. The van der Waals surface area contributed by atoms with Crippen molar-refractivity contribution in [2.24, 2.45) is 62.0 Å². The van der Waals surface area contributed by atoms with Crippen LogP contribution in [-0.2, 0) is 38.4 Å². The van der Waals surface area contributed by atoms with Crippen LogP contribution in [0.2, 0.25) is 0 Å². The molecule has 0 unspecified atom stereocenters. The number of carbonyl (C=O) groups excluding carboxylic acids is 7. The fourth-order valence-corrected chi connectivity index (χ4v) is 7.63. The summed E-state index contributed by atoms with van der Waals surface area (Å²) in [5.74, 6) is -6.25. The Labute approximate surface area is 406 Å². The van der Waals surface area contributed by atoms with Gasteiger partial charge in [-0.25, -0.2) is 4.79 Å². The number of carboxylic acids is 1. The fourth-order valence-electron chi connectivity index (χ4n) is 7.63. The molecular weight excluding hydrogens is 897 g/mol. The molecule has 0 radical (unpaired) electrons. The van der Waals surface area contributed by atoms with E-state index in [1.165, 1.54) is 11.8 Å². The third kappa shape index (κ3) is 24.3. The molecular formula is C44H84N16O9. The van der Waals surface area contributed by atoms with Gasteiger partial charge in [-0.1, -0.05) is 27.7 Å². The maximum atomic E-state index is 14.2. The van der Waals surface area contributed by atoms with Crippen LogP contribution in [0.3, 0.4) is 0 Å². The van der Waals surface area contributed by atoms with Crippen LogP contribution in [0.5, 0.6) is 0 Å². The Kier molecular flexibility index (Phi) is 29.1. The number of nitrogens with one attached hydrogen (secondary N) is 6. The summed E-state index contributed by atoms with van der Waals surface area (Å²) < 4.78 is 0. The van der Waals surface area contributed by atoms with Crippen LogP contribution < -0.4 is 72.0 Å². The number of nitrogens with two attached hydrogens (primary N) is 7. The first-order chi connectivity index (χ1) is 32.5. The first-order valence-corrected chi connectivity index (χ1v) is 24.1. The second-order valence-electron chi connectivity index (χ2n) is 18.4. The molecule has 0 bridgehead atoms. The van der Waals surface area contributed by atoms with Gasteiger partial charge in [-0.15, -0.1) is 0 Å². The minimum absolute atomic E-state index is 0.0677. The lowest BCUT2D eigenvalue weighted by molar-refractivity contribution is -0.149. The van der Waals surface area contributed by atoms with Gasteiger partial charge in [-0.05, 0) is 122 Å². The zero-order valence-corrected chi connectivity index (χ0v) is 41.3. The zero-order chi connectivity index (χ0) is 52.2. The number of carbonyl (C=O) groups is 8. The number of unbranched alkanes of at least 4 members (excludes halogenated alkanes) is 2. The summed E-state index contributed by atoms with van der Waals surface area (Å²) in [4.78, 5) is 117. The lowest BCUT2D eigenvalue weighted by Crippen LogP contribution is -2.60. The van der Waals surface area contributed by atoms with Gasteiger partial charge in [0.25, 0.3) is 0 Å². The minimum atomic E-state index is -1.20. The molecule has 0 saturated carbocycles. The van der Waals surface area contributed by atoms with E-state index in [1.807, 2.05) is 27.7 Å². The predicted molar refractivity (Wildman–Crippen MR) is 262 cm³/mol. The molecule has 0 aliphatic carbocycles. The highest BCUT2D eigenvalue weighted by atomic mass is 16.4. The van der Waals surface area contributed by atoms with Gasteiger partial charge in [0.2, 0.25) is 41.4 Å². The molecule has 0 aromatic carbocycles. The maximum absolute atomic E-state index is 14.2. The van der Waals surface area contributed by atoms with Crippen molar-refractivity contribution in [1.29, 1.82) is 0 Å². The van der Waals surface area contributed by atoms with E-state index in [2.05, 4.69) is 41.9 Å². The number of amides is 7. The Hall–Kier alpha value is -5.82. The molecule has 0 aromatic rings. The molecule has 0 spiro atoms. The summed E-state index contributed by atoms with van der Waals surface area (Å²) in [6.45, 7) is 10.0. The van der Waals surface area contributed by atoms with Gasteiger partial charge < -0.3 is 82.0 Å². The zero-order valence-electron chi connectivity index (χ0n) is 41.3. The Morgan fingerprint density at radius 3 is 1.33 bits per heavy atom. The quantitative estimate of drug-likeness (QED) is 0.0171. The Balaban J connectivity index is 3.38. The summed E-state index contributed by atoms with van der Waals surface area (Å²) >= 11 is 0. The molecule has 21 N–H and O–H groups in total. The van der Waals surface area contributed by atoms with Gasteiger partial charge in [0.05, 0.1) is 6.04 Å². The fraction of sp³-hybridized carbons (Fsp3) is 0.773. The number of carboxylic acid groups (broad SMARTS) is 1. The van der Waals surface area contributed by atoms with Gasteiger partial charge in [-0.3, -0.25) is 43.5 Å². The average molecular weight is 981 g/mol. The van der Waals surface area contributed by atoms with Crippen LogP contribution in [-0.4, -0.2) is 150 Å². The van der Waals surface area contributed by atoms with Crippen LogP contribution in [0, 0.1) is 11.8 Å². The van der Waals surface area contributed by atoms with E-state index in [1.54, 1.807) is 0 Å². The monoisotopic (exact) mass is 981 g/mol. The summed E-state index contributed by atoms with van der Waals surface area (Å²) in [6.07, 6.45) is 4.12. The SMILES string of the molecule is CC(C)C[C@H](NC(=O)[C@H](CC(C)C)NC(=O)[C@H](CCCCN)NC(=O)[C@H](CCCCN)NC(=O)[C@H](CCCN=C(N)N)NC(=O)[C@@H](N)CCCN=C(N)N)C(=O)N[C@@H](C)C(=O)N1CCC[C@H]1C(=O)O. The van der Waals surface area contributed by atoms with E-state index in [9.17, 15) is 43.5 Å². The van der Waals surface area contributed by atoms with Crippen molar-refractivity contribution >= 4 is 59.2 Å². The number of nitrogens with zero attached hydrogens (tertiary/aromatic N) is 3. The topological polar surface area (TPSA) is 439 Å². The van der Waals surface area contributed by atoms with Crippen molar-refractivity contribution in [3.63, 3.8) is 0 Å². The van der Waals surface area contributed by atoms with Gasteiger partial charge in [0.15, 0.2) is 11.9 Å². The molecule has 1 rings (SSSR count). The molecule has 1 saturated heterocycles. The number of guanidine groups is 2. The first-order valence-electron chi connectivity index (χ1n) is 24.1. The van der Waals surface area contributed by atoms with Crippen molar-refractivity contribution in [2.75, 3.05) is 32.7 Å². The molecule has 8 atom stereocenters. The molecule has 1 heterocycles. The third-order valence-corrected chi connectivity index (χ3v) is 11.3. The average Bonchev–Trinajstić information content (AvgIpc) is 3.77. The normalized spacial score (nSPS) is 16.4. The highest BCUT2D eigenvalue weighted by Crippen LogP contribution is 2.19. The first kappa shape index (κ1) is 61.2.